The lowest BCUT2D eigenvalue weighted by molar-refractivity contribution is -0.457. The molecule has 0 aromatic rings. The summed E-state index contributed by atoms with van der Waals surface area (Å²) in [5.74, 6) is -63.8. The van der Waals surface area contributed by atoms with Crippen LogP contribution in [0.2, 0.25) is 0 Å². The smallest absolute Gasteiger partial charge is 0.203 e. The Hall–Kier alpha value is -0.530. The van der Waals surface area contributed by atoms with Crippen LogP contribution in [0.15, 0.2) is 0 Å². The van der Waals surface area contributed by atoms with Gasteiger partial charge in [0.1, 0.15) is 0 Å². The van der Waals surface area contributed by atoms with Crippen molar-refractivity contribution in [2.45, 2.75) is 60.2 Å². The minimum Gasteiger partial charge on any atom is -0.203 e. The normalized spacial score (nSPS) is 16.4. The van der Waals surface area contributed by atoms with Crippen molar-refractivity contribution in [3.8, 4) is 0 Å². The van der Waals surface area contributed by atoms with Gasteiger partial charge in [0, 0.05) is 10.8 Å². The van der Waals surface area contributed by atoms with Crippen LogP contribution in [0.1, 0.15) is 6.42 Å². The molecular weight excluding hydrogens is 601 g/mol. The summed E-state index contributed by atoms with van der Waals surface area (Å²) in [5.41, 5.74) is 0. The van der Waals surface area contributed by atoms with Crippen LogP contribution in [0.4, 0.5) is 79.0 Å². The minimum atomic E-state index is -8.67. The molecule has 0 aliphatic carbocycles. The summed E-state index contributed by atoms with van der Waals surface area (Å²) < 4.78 is 232. The maximum Gasteiger partial charge on any atom is 0.385 e. The standard InChI is InChI=1S/C11H5F18I/c12-3(13)5(16,17)7(20,21)9(24,25)11(28,29)10(26,27)8(22,23)6(18,19)4(14,15)1-2-30/h3H,1-2H2. The number of hydrogen-bond donors (Lipinski definition) is 0. The summed E-state index contributed by atoms with van der Waals surface area (Å²) in [6.45, 7) is 0. The van der Waals surface area contributed by atoms with Gasteiger partial charge in [-0.25, -0.2) is 8.78 Å². The first kappa shape index (κ1) is 29.5. The summed E-state index contributed by atoms with van der Waals surface area (Å²) in [6.07, 6.45) is -8.40. The number of alkyl halides is 19. The maximum atomic E-state index is 13.3. The molecule has 0 saturated carbocycles. The maximum absolute atomic E-state index is 13.3. The lowest BCUT2D eigenvalue weighted by Crippen LogP contribution is -2.75. The van der Waals surface area contributed by atoms with Crippen molar-refractivity contribution < 1.29 is 79.0 Å². The summed E-state index contributed by atoms with van der Waals surface area (Å²) in [6, 6.07) is 0. The van der Waals surface area contributed by atoms with E-state index >= 15 is 0 Å². The highest BCUT2D eigenvalue weighted by atomic mass is 127. The highest BCUT2D eigenvalue weighted by Gasteiger charge is 2.95. The molecule has 0 aromatic heterocycles. The molecule has 0 atom stereocenters. The van der Waals surface area contributed by atoms with Crippen molar-refractivity contribution >= 4 is 22.6 Å². The van der Waals surface area contributed by atoms with E-state index in [1.165, 1.54) is 0 Å². The molecule has 0 spiro atoms. The predicted octanol–water partition coefficient (Wildman–Crippen LogP) is 7.16. The summed E-state index contributed by atoms with van der Waals surface area (Å²) in [7, 11) is 0. The van der Waals surface area contributed by atoms with Crippen molar-refractivity contribution in [1.29, 1.82) is 0 Å². The van der Waals surface area contributed by atoms with Gasteiger partial charge in [-0.3, -0.25) is 0 Å². The summed E-state index contributed by atoms with van der Waals surface area (Å²) in [4.78, 5) is 0. The van der Waals surface area contributed by atoms with Crippen LogP contribution in [-0.2, 0) is 0 Å². The Labute approximate surface area is 167 Å². The second-order valence-electron chi connectivity index (χ2n) is 5.51. The molecule has 0 saturated heterocycles. The highest BCUT2D eigenvalue weighted by molar-refractivity contribution is 14.1. The summed E-state index contributed by atoms with van der Waals surface area (Å²) in [5, 5.41) is 0. The molecule has 30 heavy (non-hydrogen) atoms. The third-order valence-electron chi connectivity index (χ3n) is 3.53. The number of halogens is 19. The van der Waals surface area contributed by atoms with E-state index in [0.29, 0.717) is 0 Å². The Kier molecular flexibility index (Phi) is 7.67. The Bertz CT molecular complexity index is 607. The van der Waals surface area contributed by atoms with Crippen LogP contribution in [0.5, 0.6) is 0 Å². The molecule has 0 radical (unpaired) electrons. The zero-order valence-electron chi connectivity index (χ0n) is 13.2. The average molecular weight is 606 g/mol. The van der Waals surface area contributed by atoms with Gasteiger partial charge in [0.25, 0.3) is 0 Å². The zero-order chi connectivity index (χ0) is 25.0. The molecule has 0 fully saturated rings. The van der Waals surface area contributed by atoms with E-state index in [2.05, 4.69) is 0 Å². The molecule has 0 aromatic carbocycles. The molecular formula is C11H5F18I. The molecule has 0 aliphatic heterocycles. The Morgan fingerprint density at radius 1 is 0.467 bits per heavy atom. The predicted molar refractivity (Wildman–Crippen MR) is 69.1 cm³/mol. The SMILES string of the molecule is FC(F)C(F)(F)C(F)(F)C(F)(F)C(F)(F)C(F)(F)C(F)(F)C(F)(F)C(F)(F)CCI. The molecule has 0 nitrogen and oxygen atoms in total. The highest BCUT2D eigenvalue weighted by Crippen LogP contribution is 2.64. The number of hydrogen-bond acceptors (Lipinski definition) is 0. The van der Waals surface area contributed by atoms with Crippen molar-refractivity contribution in [2.24, 2.45) is 0 Å². The second-order valence-corrected chi connectivity index (χ2v) is 6.59. The van der Waals surface area contributed by atoms with E-state index in [0.717, 1.165) is 22.6 Å². The summed E-state index contributed by atoms with van der Waals surface area (Å²) >= 11 is 0.789. The molecule has 182 valence electrons. The lowest BCUT2D eigenvalue weighted by Gasteiger charge is -2.43. The third-order valence-corrected chi connectivity index (χ3v) is 4.07. The van der Waals surface area contributed by atoms with Gasteiger partial charge in [-0.15, -0.1) is 0 Å². The fourth-order valence-electron chi connectivity index (χ4n) is 1.64. The second kappa shape index (κ2) is 7.80. The Morgan fingerprint density at radius 3 is 1.00 bits per heavy atom. The fourth-order valence-corrected chi connectivity index (χ4v) is 2.32. The van der Waals surface area contributed by atoms with Gasteiger partial charge in [0.15, 0.2) is 0 Å². The van der Waals surface area contributed by atoms with Crippen LogP contribution in [0.3, 0.4) is 0 Å². The third kappa shape index (κ3) is 3.66. The van der Waals surface area contributed by atoms with E-state index < -0.39 is 64.7 Å². The topological polar surface area (TPSA) is 0 Å². The van der Waals surface area contributed by atoms with Crippen LogP contribution >= 0.6 is 22.6 Å². The van der Waals surface area contributed by atoms with E-state index in [4.69, 9.17) is 0 Å². The van der Waals surface area contributed by atoms with Crippen molar-refractivity contribution in [2.75, 3.05) is 4.43 Å². The van der Waals surface area contributed by atoms with E-state index in [1.54, 1.807) is 0 Å². The molecule has 19 heteroatoms. The van der Waals surface area contributed by atoms with Crippen molar-refractivity contribution in [3.63, 3.8) is 0 Å². The van der Waals surface area contributed by atoms with Gasteiger partial charge in [0.2, 0.25) is 0 Å². The first-order chi connectivity index (χ1) is 12.8. The Morgan fingerprint density at radius 2 is 0.733 bits per heavy atom. The van der Waals surface area contributed by atoms with Gasteiger partial charge in [0.05, 0.1) is 0 Å². The average Bonchev–Trinajstić information content (AvgIpc) is 2.53. The first-order valence-electron chi connectivity index (χ1n) is 6.62. The molecule has 0 bridgehead atoms. The number of rotatable bonds is 10. The quantitative estimate of drug-likeness (QED) is 0.141. The largest absolute Gasteiger partial charge is 0.385 e. The van der Waals surface area contributed by atoms with Gasteiger partial charge in [-0.2, -0.15) is 70.2 Å². The zero-order valence-corrected chi connectivity index (χ0v) is 15.3. The van der Waals surface area contributed by atoms with Gasteiger partial charge in [-0.1, -0.05) is 22.6 Å². The first-order valence-corrected chi connectivity index (χ1v) is 8.15. The van der Waals surface area contributed by atoms with Crippen LogP contribution in [0, 0.1) is 0 Å². The molecule has 0 N–H and O–H groups in total. The fraction of sp³-hybridized carbons (Fsp3) is 1.00. The Balaban J connectivity index is 6.75. The van der Waals surface area contributed by atoms with Gasteiger partial charge < -0.3 is 0 Å². The van der Waals surface area contributed by atoms with Gasteiger partial charge in [-0.05, 0) is 0 Å². The van der Waals surface area contributed by atoms with E-state index in [9.17, 15) is 79.0 Å². The molecule has 0 amide bonds. The van der Waals surface area contributed by atoms with Crippen LogP contribution < -0.4 is 0 Å². The van der Waals surface area contributed by atoms with Crippen molar-refractivity contribution in [3.05, 3.63) is 0 Å². The van der Waals surface area contributed by atoms with E-state index in [-0.39, 0.29) is 0 Å². The van der Waals surface area contributed by atoms with Gasteiger partial charge >= 0.3 is 53.8 Å². The molecule has 0 heterocycles. The van der Waals surface area contributed by atoms with Crippen molar-refractivity contribution in [1.82, 2.24) is 0 Å². The molecule has 0 unspecified atom stereocenters. The van der Waals surface area contributed by atoms with E-state index in [1.807, 2.05) is 0 Å². The minimum absolute atomic E-state index is 0.789. The molecule has 0 rings (SSSR count). The monoisotopic (exact) mass is 606 g/mol. The van der Waals surface area contributed by atoms with Crippen LogP contribution in [0.25, 0.3) is 0 Å². The lowest BCUT2D eigenvalue weighted by atomic mass is 9.87. The van der Waals surface area contributed by atoms with Crippen LogP contribution in [-0.4, -0.2) is 58.2 Å². The molecule has 0 aliphatic rings.